The summed E-state index contributed by atoms with van der Waals surface area (Å²) in [5.74, 6) is 0. The van der Waals surface area contributed by atoms with E-state index in [1.54, 1.807) is 0 Å². The minimum absolute atomic E-state index is 0. The van der Waals surface area contributed by atoms with Gasteiger partial charge in [0.1, 0.15) is 0 Å². The van der Waals surface area contributed by atoms with Crippen molar-refractivity contribution in [1.29, 1.82) is 0 Å². The van der Waals surface area contributed by atoms with Crippen LogP contribution < -0.4 is 113 Å². The molecule has 0 saturated heterocycles. The molecule has 0 fully saturated rings. The summed E-state index contributed by atoms with van der Waals surface area (Å²) in [7, 11) is 0. The molecule has 0 amide bonds. The number of carbonyl (C=O) groups excluding carboxylic acids is 1. The first kappa shape index (κ1) is 25.4. The second-order valence-electron chi connectivity index (χ2n) is 2.66. The standard InChI is InChI=1S/C8H18.CH2O3.2K/c1-3-5-7-8-6-4-2;2-1(3)4;;/h3-8H2,1-2H3;(H2,2,3,4);;/q;;2*+1/p-2. The number of carboxylic acid groups (broad SMARTS) is 2. The van der Waals surface area contributed by atoms with E-state index in [0.29, 0.717) is 0 Å². The number of unbranched alkanes of at least 4 members (excludes halogenated alkanes) is 5. The molecule has 3 nitrogen and oxygen atoms in total. The van der Waals surface area contributed by atoms with E-state index in [-0.39, 0.29) is 103 Å². The average molecular weight is 252 g/mol. The minimum atomic E-state index is -2.33. The van der Waals surface area contributed by atoms with Gasteiger partial charge in [0.15, 0.2) is 0 Å². The van der Waals surface area contributed by atoms with Gasteiger partial charge in [-0.1, -0.05) is 52.4 Å². The van der Waals surface area contributed by atoms with Crippen molar-refractivity contribution in [2.45, 2.75) is 52.4 Å². The van der Waals surface area contributed by atoms with E-state index in [0.717, 1.165) is 0 Å². The Bertz CT molecular complexity index is 90.1. The van der Waals surface area contributed by atoms with Gasteiger partial charge < -0.3 is 15.0 Å². The molecule has 0 aliphatic carbocycles. The smallest absolute Gasteiger partial charge is 0.652 e. The van der Waals surface area contributed by atoms with E-state index in [1.165, 1.54) is 38.5 Å². The third-order valence-electron chi connectivity index (χ3n) is 1.46. The van der Waals surface area contributed by atoms with Crippen molar-refractivity contribution in [2.24, 2.45) is 0 Å². The molecule has 0 N–H and O–H groups in total. The normalized spacial score (nSPS) is 7.29. The zero-order chi connectivity index (χ0) is 9.82. The Balaban J connectivity index is -0.0000000733. The van der Waals surface area contributed by atoms with Gasteiger partial charge in [-0.25, -0.2) is 0 Å². The summed E-state index contributed by atoms with van der Waals surface area (Å²) < 4.78 is 0. The fourth-order valence-corrected chi connectivity index (χ4v) is 0.854. The Hall–Kier alpha value is 2.54. The summed E-state index contributed by atoms with van der Waals surface area (Å²) in [5, 5.41) is 16.7. The number of hydrogen-bond acceptors (Lipinski definition) is 3. The molecule has 0 rings (SSSR count). The molecule has 0 heterocycles. The molecule has 0 aliphatic heterocycles. The van der Waals surface area contributed by atoms with Crippen LogP contribution in [0.1, 0.15) is 52.4 Å². The summed E-state index contributed by atoms with van der Waals surface area (Å²) in [4.78, 5) is 8.33. The van der Waals surface area contributed by atoms with Gasteiger partial charge >= 0.3 is 103 Å². The van der Waals surface area contributed by atoms with Gasteiger partial charge in [-0.05, 0) is 6.16 Å². The Kier molecular flexibility index (Phi) is 44.8. The molecule has 74 valence electrons. The zero-order valence-corrected chi connectivity index (χ0v) is 16.2. The molecule has 0 atom stereocenters. The SMILES string of the molecule is CCCCCCCC.O=C([O-])[O-].[K+].[K+]. The third-order valence-corrected chi connectivity index (χ3v) is 1.46. The van der Waals surface area contributed by atoms with Crippen LogP contribution in [0.25, 0.3) is 0 Å². The molecule has 0 radical (unpaired) electrons. The van der Waals surface area contributed by atoms with Crippen molar-refractivity contribution in [1.82, 2.24) is 0 Å². The van der Waals surface area contributed by atoms with Gasteiger partial charge in [-0.2, -0.15) is 0 Å². The van der Waals surface area contributed by atoms with Crippen LogP contribution in [0.5, 0.6) is 0 Å². The first-order chi connectivity index (χ1) is 5.65. The van der Waals surface area contributed by atoms with Crippen molar-refractivity contribution in [3.8, 4) is 0 Å². The molecule has 5 heteroatoms. The molecule has 0 aliphatic rings. The maximum Gasteiger partial charge on any atom is 1.00 e. The van der Waals surface area contributed by atoms with E-state index < -0.39 is 6.16 Å². The van der Waals surface area contributed by atoms with E-state index in [4.69, 9.17) is 15.0 Å². The number of rotatable bonds is 5. The fourth-order valence-electron chi connectivity index (χ4n) is 0.854. The van der Waals surface area contributed by atoms with Crippen LogP contribution in [0.15, 0.2) is 0 Å². The quantitative estimate of drug-likeness (QED) is 0.363. The van der Waals surface area contributed by atoms with Crippen LogP contribution in [0.3, 0.4) is 0 Å². The second kappa shape index (κ2) is 24.7. The summed E-state index contributed by atoms with van der Waals surface area (Å²) in [6.07, 6.45) is 6.15. The van der Waals surface area contributed by atoms with Crippen LogP contribution in [-0.4, -0.2) is 6.16 Å². The molecule has 0 bridgehead atoms. The number of carbonyl (C=O) groups is 1. The van der Waals surface area contributed by atoms with Crippen LogP contribution in [0, 0.1) is 0 Å². The Morgan fingerprint density at radius 1 is 0.857 bits per heavy atom. The summed E-state index contributed by atoms with van der Waals surface area (Å²) >= 11 is 0. The van der Waals surface area contributed by atoms with Gasteiger partial charge in [0, 0.05) is 0 Å². The minimum Gasteiger partial charge on any atom is -0.652 e. The predicted octanol–water partition coefficient (Wildman–Crippen LogP) is -5.07. The zero-order valence-electron chi connectivity index (χ0n) is 9.97. The van der Waals surface area contributed by atoms with Gasteiger partial charge in [-0.15, -0.1) is 0 Å². The molecule has 0 unspecified atom stereocenters. The summed E-state index contributed by atoms with van der Waals surface area (Å²) in [6, 6.07) is 0. The molecular weight excluding hydrogens is 234 g/mol. The van der Waals surface area contributed by atoms with E-state index >= 15 is 0 Å². The van der Waals surface area contributed by atoms with Gasteiger partial charge in [-0.3, -0.25) is 0 Å². The van der Waals surface area contributed by atoms with Gasteiger partial charge in [0.05, 0.1) is 0 Å². The van der Waals surface area contributed by atoms with E-state index in [1.807, 2.05) is 0 Å². The first-order valence-corrected chi connectivity index (χ1v) is 4.53. The van der Waals surface area contributed by atoms with Gasteiger partial charge in [0.2, 0.25) is 0 Å². The predicted molar refractivity (Wildman–Crippen MR) is 44.4 cm³/mol. The maximum atomic E-state index is 8.33. The van der Waals surface area contributed by atoms with E-state index in [2.05, 4.69) is 13.8 Å². The number of hydrogen-bond donors (Lipinski definition) is 0. The van der Waals surface area contributed by atoms with Crippen LogP contribution >= 0.6 is 0 Å². The summed E-state index contributed by atoms with van der Waals surface area (Å²) in [5.41, 5.74) is 0. The Morgan fingerprint density at radius 2 is 1.07 bits per heavy atom. The largest absolute Gasteiger partial charge is 1.00 e. The van der Waals surface area contributed by atoms with Crippen LogP contribution in [0.2, 0.25) is 0 Å². The average Bonchev–Trinajstić information content (AvgIpc) is 1.97. The topological polar surface area (TPSA) is 63.2 Å². The molecule has 0 aromatic heterocycles. The Labute approximate surface area is 172 Å². The maximum absolute atomic E-state index is 8.33. The second-order valence-corrected chi connectivity index (χ2v) is 2.66. The summed E-state index contributed by atoms with van der Waals surface area (Å²) in [6.45, 7) is 4.51. The first-order valence-electron chi connectivity index (χ1n) is 4.53. The molecule has 0 spiro atoms. The van der Waals surface area contributed by atoms with Crippen molar-refractivity contribution < 1.29 is 118 Å². The van der Waals surface area contributed by atoms with Gasteiger partial charge in [0.25, 0.3) is 0 Å². The van der Waals surface area contributed by atoms with Crippen molar-refractivity contribution in [3.05, 3.63) is 0 Å². The van der Waals surface area contributed by atoms with Crippen molar-refractivity contribution in [2.75, 3.05) is 0 Å². The molecule has 0 saturated carbocycles. The molecular formula is C9H18K2O3. The fraction of sp³-hybridized carbons (Fsp3) is 0.889. The molecule has 14 heavy (non-hydrogen) atoms. The molecule has 0 aromatic rings. The third kappa shape index (κ3) is 46.9. The van der Waals surface area contributed by atoms with Crippen molar-refractivity contribution in [3.63, 3.8) is 0 Å². The monoisotopic (exact) mass is 252 g/mol. The van der Waals surface area contributed by atoms with Crippen LogP contribution in [-0.2, 0) is 0 Å². The molecule has 0 aromatic carbocycles. The van der Waals surface area contributed by atoms with E-state index in [9.17, 15) is 0 Å². The Morgan fingerprint density at radius 3 is 1.21 bits per heavy atom. The van der Waals surface area contributed by atoms with Crippen LogP contribution in [0.4, 0.5) is 4.79 Å². The van der Waals surface area contributed by atoms with Crippen molar-refractivity contribution >= 4 is 6.16 Å².